The molecule has 1 aromatic heterocycles. The van der Waals surface area contributed by atoms with Crippen molar-refractivity contribution in [1.82, 2.24) is 4.98 Å². The minimum absolute atomic E-state index is 0.0970. The number of para-hydroxylation sites is 1. The van der Waals surface area contributed by atoms with Crippen molar-refractivity contribution in [3.63, 3.8) is 0 Å². The zero-order valence-corrected chi connectivity index (χ0v) is 15.0. The van der Waals surface area contributed by atoms with Crippen molar-refractivity contribution in [2.24, 2.45) is 23.2 Å². The first kappa shape index (κ1) is 14.9. The number of amides is 1. The average molecular weight is 340 g/mol. The molecule has 1 aromatic carbocycles. The zero-order chi connectivity index (χ0) is 16.3. The molecule has 4 aliphatic rings. The molecule has 0 spiro atoms. The summed E-state index contributed by atoms with van der Waals surface area (Å²) in [5.41, 5.74) is 2.23. The van der Waals surface area contributed by atoms with Crippen molar-refractivity contribution in [2.75, 3.05) is 5.32 Å². The van der Waals surface area contributed by atoms with Crippen LogP contribution in [0.2, 0.25) is 0 Å². The summed E-state index contributed by atoms with van der Waals surface area (Å²) < 4.78 is 1.18. The lowest BCUT2D eigenvalue weighted by Crippen LogP contribution is -2.51. The van der Waals surface area contributed by atoms with Gasteiger partial charge in [0.05, 0.1) is 15.6 Å². The molecule has 0 atom stereocenters. The van der Waals surface area contributed by atoms with E-state index in [1.807, 2.05) is 0 Å². The van der Waals surface area contributed by atoms with Gasteiger partial charge in [-0.15, -0.1) is 0 Å². The smallest absolute Gasteiger partial charge is 0.232 e. The molecule has 4 saturated carbocycles. The van der Waals surface area contributed by atoms with Crippen LogP contribution in [0, 0.1) is 23.2 Å². The highest BCUT2D eigenvalue weighted by Gasteiger charge is 2.54. The van der Waals surface area contributed by atoms with E-state index in [-0.39, 0.29) is 11.3 Å². The van der Waals surface area contributed by atoms with Crippen LogP contribution >= 0.6 is 11.3 Å². The first-order valence-electron chi connectivity index (χ1n) is 9.35. The lowest BCUT2D eigenvalue weighted by atomic mass is 9.49. The topological polar surface area (TPSA) is 42.0 Å². The Morgan fingerprint density at radius 2 is 1.88 bits per heavy atom. The van der Waals surface area contributed by atoms with Crippen molar-refractivity contribution >= 4 is 32.6 Å². The summed E-state index contributed by atoms with van der Waals surface area (Å²) in [4.78, 5) is 17.9. The molecular formula is C20H24N2OS. The number of benzene rings is 1. The Morgan fingerprint density at radius 3 is 2.50 bits per heavy atom. The molecule has 4 fully saturated rings. The molecule has 4 bridgehead atoms. The number of nitrogens with zero attached hydrogens (tertiary/aromatic N) is 1. The van der Waals surface area contributed by atoms with Crippen molar-refractivity contribution in [3.05, 3.63) is 23.8 Å². The SMILES string of the molecule is CCc1cccc2sc(NC(=O)C34CC5CC(CC(C5)C3)C4)nc12. The van der Waals surface area contributed by atoms with Gasteiger partial charge in [0.25, 0.3) is 0 Å². The second-order valence-electron chi connectivity index (χ2n) is 8.29. The summed E-state index contributed by atoms with van der Waals surface area (Å²) in [5, 5.41) is 3.99. The Labute approximate surface area is 146 Å². The zero-order valence-electron chi connectivity index (χ0n) is 14.2. The molecule has 1 heterocycles. The summed E-state index contributed by atoms with van der Waals surface area (Å²) in [7, 11) is 0. The van der Waals surface area contributed by atoms with E-state index in [0.29, 0.717) is 0 Å². The Balaban J connectivity index is 1.43. The minimum atomic E-state index is -0.0970. The maximum absolute atomic E-state index is 13.2. The van der Waals surface area contributed by atoms with Crippen LogP contribution in [0.3, 0.4) is 0 Å². The number of rotatable bonds is 3. The molecule has 4 aliphatic carbocycles. The lowest BCUT2D eigenvalue weighted by molar-refractivity contribution is -0.140. The highest BCUT2D eigenvalue weighted by molar-refractivity contribution is 7.22. The van der Waals surface area contributed by atoms with E-state index in [2.05, 4.69) is 30.4 Å². The van der Waals surface area contributed by atoms with Crippen LogP contribution in [0.15, 0.2) is 18.2 Å². The van der Waals surface area contributed by atoms with E-state index in [4.69, 9.17) is 4.98 Å². The van der Waals surface area contributed by atoms with E-state index in [0.717, 1.165) is 54.1 Å². The molecule has 3 nitrogen and oxygen atoms in total. The number of anilines is 1. The second kappa shape index (κ2) is 5.29. The summed E-state index contributed by atoms with van der Waals surface area (Å²) in [5.74, 6) is 2.64. The van der Waals surface area contributed by atoms with Gasteiger partial charge in [-0.2, -0.15) is 0 Å². The maximum Gasteiger partial charge on any atom is 0.232 e. The fourth-order valence-electron chi connectivity index (χ4n) is 5.96. The normalized spacial score (nSPS) is 34.0. The molecule has 126 valence electrons. The van der Waals surface area contributed by atoms with Crippen LogP contribution in [-0.2, 0) is 11.2 Å². The summed E-state index contributed by atoms with van der Waals surface area (Å²) in [6.07, 6.45) is 8.40. The predicted molar refractivity (Wildman–Crippen MR) is 98.2 cm³/mol. The van der Waals surface area contributed by atoms with Crippen LogP contribution in [0.4, 0.5) is 5.13 Å². The molecule has 0 unspecified atom stereocenters. The molecule has 0 aliphatic heterocycles. The fraction of sp³-hybridized carbons (Fsp3) is 0.600. The van der Waals surface area contributed by atoms with Crippen LogP contribution in [0.5, 0.6) is 0 Å². The molecule has 1 amide bonds. The Bertz CT molecular complexity index is 774. The number of aromatic nitrogens is 1. The van der Waals surface area contributed by atoms with Gasteiger partial charge in [0.1, 0.15) is 0 Å². The van der Waals surface area contributed by atoms with E-state index < -0.39 is 0 Å². The Hall–Kier alpha value is -1.42. The number of carbonyl (C=O) groups excluding carboxylic acids is 1. The van der Waals surface area contributed by atoms with Gasteiger partial charge >= 0.3 is 0 Å². The van der Waals surface area contributed by atoms with Crippen LogP contribution in [-0.4, -0.2) is 10.9 Å². The second-order valence-corrected chi connectivity index (χ2v) is 9.32. The summed E-state index contributed by atoms with van der Waals surface area (Å²) >= 11 is 1.62. The number of nitrogens with one attached hydrogen (secondary N) is 1. The van der Waals surface area contributed by atoms with Gasteiger partial charge in [0.15, 0.2) is 5.13 Å². The molecule has 24 heavy (non-hydrogen) atoms. The lowest BCUT2D eigenvalue weighted by Gasteiger charge is -2.55. The van der Waals surface area contributed by atoms with E-state index in [1.165, 1.54) is 29.5 Å². The van der Waals surface area contributed by atoms with Gasteiger partial charge in [-0.1, -0.05) is 30.4 Å². The molecular weight excluding hydrogens is 316 g/mol. The van der Waals surface area contributed by atoms with E-state index in [9.17, 15) is 4.79 Å². The van der Waals surface area contributed by atoms with Crippen LogP contribution in [0.1, 0.15) is 51.0 Å². The standard InChI is InChI=1S/C20H24N2OS/c1-2-15-4-3-5-16-17(15)21-19(24-16)22-18(23)20-9-12-6-13(10-20)8-14(7-12)11-20/h3-5,12-14H,2,6-11H2,1H3,(H,21,22,23). The van der Waals surface area contributed by atoms with Crippen molar-refractivity contribution < 1.29 is 4.79 Å². The number of hydrogen-bond donors (Lipinski definition) is 1. The molecule has 6 rings (SSSR count). The first-order valence-corrected chi connectivity index (χ1v) is 10.2. The van der Waals surface area contributed by atoms with E-state index in [1.54, 1.807) is 11.3 Å². The summed E-state index contributed by atoms with van der Waals surface area (Å²) in [6.45, 7) is 2.15. The molecule has 0 saturated heterocycles. The van der Waals surface area contributed by atoms with Gasteiger partial charge in [-0.25, -0.2) is 4.98 Å². The van der Waals surface area contributed by atoms with Crippen molar-refractivity contribution in [2.45, 2.75) is 51.9 Å². The third-order valence-corrected chi connectivity index (χ3v) is 7.56. The number of hydrogen-bond acceptors (Lipinski definition) is 3. The number of fused-ring (bicyclic) bond motifs is 1. The molecule has 1 N–H and O–H groups in total. The summed E-state index contributed by atoms with van der Waals surface area (Å²) in [6, 6.07) is 6.32. The minimum Gasteiger partial charge on any atom is -0.301 e. The van der Waals surface area contributed by atoms with Gasteiger partial charge < -0.3 is 5.32 Å². The maximum atomic E-state index is 13.2. The average Bonchev–Trinajstić information content (AvgIpc) is 2.95. The Kier molecular flexibility index (Phi) is 3.28. The van der Waals surface area contributed by atoms with Crippen LogP contribution in [0.25, 0.3) is 10.2 Å². The van der Waals surface area contributed by atoms with Crippen molar-refractivity contribution in [1.29, 1.82) is 0 Å². The largest absolute Gasteiger partial charge is 0.301 e. The van der Waals surface area contributed by atoms with Gasteiger partial charge in [-0.3, -0.25) is 4.79 Å². The number of aryl methyl sites for hydroxylation is 1. The first-order chi connectivity index (χ1) is 11.6. The molecule has 2 aromatic rings. The monoisotopic (exact) mass is 340 g/mol. The Morgan fingerprint density at radius 1 is 1.21 bits per heavy atom. The third kappa shape index (κ3) is 2.22. The molecule has 0 radical (unpaired) electrons. The third-order valence-electron chi connectivity index (χ3n) is 6.62. The number of carbonyl (C=O) groups is 1. The van der Waals surface area contributed by atoms with Gasteiger partial charge in [0.2, 0.25) is 5.91 Å². The van der Waals surface area contributed by atoms with Crippen molar-refractivity contribution in [3.8, 4) is 0 Å². The van der Waals surface area contributed by atoms with Gasteiger partial charge in [0, 0.05) is 0 Å². The van der Waals surface area contributed by atoms with Gasteiger partial charge in [-0.05, 0) is 74.3 Å². The number of thiazole rings is 1. The fourth-order valence-corrected chi connectivity index (χ4v) is 6.87. The quantitative estimate of drug-likeness (QED) is 0.853. The van der Waals surface area contributed by atoms with E-state index >= 15 is 0 Å². The van der Waals surface area contributed by atoms with Crippen LogP contribution < -0.4 is 5.32 Å². The highest BCUT2D eigenvalue weighted by Crippen LogP contribution is 2.60. The predicted octanol–water partition coefficient (Wildman–Crippen LogP) is 5.01. The highest BCUT2D eigenvalue weighted by atomic mass is 32.1. The molecule has 4 heteroatoms.